The fourth-order valence-electron chi connectivity index (χ4n) is 3.35. The Kier molecular flexibility index (Phi) is 4.40. The number of nitrogens with zero attached hydrogens (tertiary/aromatic N) is 1. The lowest BCUT2D eigenvalue weighted by atomic mass is 10.00. The van der Waals surface area contributed by atoms with Crippen LogP contribution in [0.5, 0.6) is 5.75 Å². The van der Waals surface area contributed by atoms with Gasteiger partial charge in [0.2, 0.25) is 5.91 Å². The summed E-state index contributed by atoms with van der Waals surface area (Å²) >= 11 is 1.55. The van der Waals surface area contributed by atoms with Crippen molar-refractivity contribution in [2.24, 2.45) is 11.8 Å². The van der Waals surface area contributed by atoms with E-state index in [4.69, 9.17) is 4.74 Å². The number of carbonyl (C=O) groups excluding carboxylic acids is 1. The minimum Gasteiger partial charge on any atom is -0.497 e. The van der Waals surface area contributed by atoms with Gasteiger partial charge in [0.05, 0.1) is 19.0 Å². The van der Waals surface area contributed by atoms with E-state index in [2.05, 4.69) is 0 Å². The van der Waals surface area contributed by atoms with Gasteiger partial charge in [0.15, 0.2) is 0 Å². The maximum atomic E-state index is 12.3. The lowest BCUT2D eigenvalue weighted by Crippen LogP contribution is -2.32. The van der Waals surface area contributed by atoms with Crippen LogP contribution in [0, 0.1) is 11.8 Å². The molecule has 0 bridgehead atoms. The van der Waals surface area contributed by atoms with Gasteiger partial charge in [0, 0.05) is 23.9 Å². The van der Waals surface area contributed by atoms with E-state index >= 15 is 0 Å². The minimum absolute atomic E-state index is 0.178. The van der Waals surface area contributed by atoms with Gasteiger partial charge in [-0.2, -0.15) is 0 Å². The summed E-state index contributed by atoms with van der Waals surface area (Å²) < 4.78 is 5.12. The zero-order chi connectivity index (χ0) is 14.8. The lowest BCUT2D eigenvalue weighted by Gasteiger charge is -2.18. The Bertz CT molecular complexity index is 505. The average Bonchev–Trinajstić information content (AvgIpc) is 3.08. The minimum atomic E-state index is -0.206. The Balaban J connectivity index is 1.50. The molecule has 1 saturated heterocycles. The number of fused-ring (bicyclic) bond motifs is 1. The number of thioether (sulfide) groups is 1. The fourth-order valence-corrected chi connectivity index (χ4v) is 4.15. The van der Waals surface area contributed by atoms with Crippen LogP contribution < -0.4 is 4.74 Å². The molecule has 2 fully saturated rings. The third-order valence-electron chi connectivity index (χ3n) is 4.59. The van der Waals surface area contributed by atoms with Crippen molar-refractivity contribution in [3.63, 3.8) is 0 Å². The van der Waals surface area contributed by atoms with Crippen LogP contribution in [0.4, 0.5) is 0 Å². The number of aliphatic hydroxyl groups excluding tert-OH is 1. The van der Waals surface area contributed by atoms with Crippen LogP contribution in [0.2, 0.25) is 0 Å². The van der Waals surface area contributed by atoms with Gasteiger partial charge in [-0.3, -0.25) is 4.79 Å². The summed E-state index contributed by atoms with van der Waals surface area (Å²) in [5, 5.41) is 9.90. The van der Waals surface area contributed by atoms with E-state index in [1.165, 1.54) is 0 Å². The number of carbonyl (C=O) groups is 1. The van der Waals surface area contributed by atoms with Crippen LogP contribution >= 0.6 is 11.8 Å². The first kappa shape index (κ1) is 14.7. The highest BCUT2D eigenvalue weighted by molar-refractivity contribution is 8.00. The maximum Gasteiger partial charge on any atom is 0.232 e. The molecule has 0 radical (unpaired) electrons. The SMILES string of the molecule is COc1ccc(SCC(=O)N2CC3CCC(O)C3C2)cc1. The topological polar surface area (TPSA) is 49.8 Å². The maximum absolute atomic E-state index is 12.3. The fraction of sp³-hybridized carbons (Fsp3) is 0.562. The summed E-state index contributed by atoms with van der Waals surface area (Å²) in [4.78, 5) is 15.3. The van der Waals surface area contributed by atoms with E-state index in [-0.39, 0.29) is 12.0 Å². The first-order chi connectivity index (χ1) is 10.2. The van der Waals surface area contributed by atoms with Crippen LogP contribution in [0.3, 0.4) is 0 Å². The highest BCUT2D eigenvalue weighted by Gasteiger charge is 2.43. The summed E-state index contributed by atoms with van der Waals surface area (Å²) in [5.74, 6) is 2.28. The predicted molar refractivity (Wildman–Crippen MR) is 82.5 cm³/mol. The van der Waals surface area contributed by atoms with Crippen molar-refractivity contribution in [1.82, 2.24) is 4.90 Å². The van der Waals surface area contributed by atoms with Crippen molar-refractivity contribution < 1.29 is 14.6 Å². The van der Waals surface area contributed by atoms with Gasteiger partial charge < -0.3 is 14.7 Å². The standard InChI is InChI=1S/C16H21NO3S/c1-20-12-3-5-13(6-4-12)21-10-16(19)17-8-11-2-7-15(18)14(11)9-17/h3-6,11,14-15,18H,2,7-10H2,1H3. The molecule has 3 unspecified atom stereocenters. The summed E-state index contributed by atoms with van der Waals surface area (Å²) in [6.07, 6.45) is 1.75. The van der Waals surface area contributed by atoms with Crippen LogP contribution in [0.1, 0.15) is 12.8 Å². The molecule has 3 atom stereocenters. The molecule has 5 heteroatoms. The summed E-state index contributed by atoms with van der Waals surface area (Å²) in [6, 6.07) is 7.76. The number of hydrogen-bond donors (Lipinski definition) is 1. The number of aliphatic hydroxyl groups is 1. The van der Waals surface area contributed by atoms with Crippen molar-refractivity contribution >= 4 is 17.7 Å². The third-order valence-corrected chi connectivity index (χ3v) is 5.59. The van der Waals surface area contributed by atoms with Crippen molar-refractivity contribution in [3.05, 3.63) is 24.3 Å². The van der Waals surface area contributed by atoms with Gasteiger partial charge in [-0.1, -0.05) is 0 Å². The van der Waals surface area contributed by atoms with Crippen LogP contribution in [0.25, 0.3) is 0 Å². The zero-order valence-electron chi connectivity index (χ0n) is 12.2. The number of rotatable bonds is 4. The Morgan fingerprint density at radius 2 is 2.10 bits per heavy atom. The van der Waals surface area contributed by atoms with Crippen molar-refractivity contribution in [1.29, 1.82) is 0 Å². The first-order valence-electron chi connectivity index (χ1n) is 7.40. The Labute approximate surface area is 129 Å². The van der Waals surface area contributed by atoms with E-state index in [1.54, 1.807) is 18.9 Å². The zero-order valence-corrected chi connectivity index (χ0v) is 13.0. The van der Waals surface area contributed by atoms with E-state index in [0.717, 1.165) is 36.6 Å². The van der Waals surface area contributed by atoms with Gasteiger partial charge >= 0.3 is 0 Å². The van der Waals surface area contributed by atoms with Crippen molar-refractivity contribution in [2.45, 2.75) is 23.8 Å². The van der Waals surface area contributed by atoms with Gasteiger partial charge in [-0.05, 0) is 43.0 Å². The number of hydrogen-bond acceptors (Lipinski definition) is 4. The van der Waals surface area contributed by atoms with Crippen LogP contribution in [-0.4, -0.2) is 48.0 Å². The van der Waals surface area contributed by atoms with Crippen molar-refractivity contribution in [2.75, 3.05) is 26.0 Å². The second-order valence-corrected chi connectivity index (χ2v) is 6.88. The van der Waals surface area contributed by atoms with Gasteiger partial charge in [0.25, 0.3) is 0 Å². The summed E-state index contributed by atoms with van der Waals surface area (Å²) in [5.41, 5.74) is 0. The van der Waals surface area contributed by atoms with Gasteiger partial charge in [-0.15, -0.1) is 11.8 Å². The molecule has 1 heterocycles. The molecule has 114 valence electrons. The number of methoxy groups -OCH3 is 1. The number of amides is 1. The summed E-state index contributed by atoms with van der Waals surface area (Å²) in [7, 11) is 1.64. The average molecular weight is 307 g/mol. The van der Waals surface area contributed by atoms with Crippen LogP contribution in [-0.2, 0) is 4.79 Å². The first-order valence-corrected chi connectivity index (χ1v) is 8.38. The van der Waals surface area contributed by atoms with Crippen LogP contribution in [0.15, 0.2) is 29.2 Å². The monoisotopic (exact) mass is 307 g/mol. The van der Waals surface area contributed by atoms with E-state index in [0.29, 0.717) is 17.6 Å². The molecule has 0 aromatic heterocycles. The highest BCUT2D eigenvalue weighted by Crippen LogP contribution is 2.38. The molecule has 1 aromatic rings. The molecule has 1 aromatic carbocycles. The highest BCUT2D eigenvalue weighted by atomic mass is 32.2. The number of likely N-dealkylation sites (tertiary alicyclic amines) is 1. The molecule has 1 aliphatic heterocycles. The Morgan fingerprint density at radius 1 is 1.33 bits per heavy atom. The van der Waals surface area contributed by atoms with Crippen molar-refractivity contribution in [3.8, 4) is 5.75 Å². The molecule has 4 nitrogen and oxygen atoms in total. The molecule has 1 aliphatic carbocycles. The van der Waals surface area contributed by atoms with E-state index < -0.39 is 0 Å². The van der Waals surface area contributed by atoms with E-state index in [9.17, 15) is 9.90 Å². The van der Waals surface area contributed by atoms with Gasteiger partial charge in [-0.25, -0.2) is 0 Å². The quantitative estimate of drug-likeness (QED) is 0.865. The summed E-state index contributed by atoms with van der Waals surface area (Å²) in [6.45, 7) is 1.55. The third kappa shape index (κ3) is 3.19. The number of benzene rings is 1. The lowest BCUT2D eigenvalue weighted by molar-refractivity contribution is -0.127. The van der Waals surface area contributed by atoms with Gasteiger partial charge in [0.1, 0.15) is 5.75 Å². The second kappa shape index (κ2) is 6.28. The predicted octanol–water partition coefficient (Wildman–Crippen LogP) is 2.02. The second-order valence-electron chi connectivity index (χ2n) is 5.83. The molecular formula is C16H21NO3S. The molecule has 0 spiro atoms. The number of ether oxygens (including phenoxy) is 1. The Morgan fingerprint density at radius 3 is 2.76 bits per heavy atom. The normalized spacial score (nSPS) is 27.7. The molecule has 21 heavy (non-hydrogen) atoms. The molecule has 1 saturated carbocycles. The van der Waals surface area contributed by atoms with E-state index in [1.807, 2.05) is 29.2 Å². The molecular weight excluding hydrogens is 286 g/mol. The molecule has 3 rings (SSSR count). The Hall–Kier alpha value is -1.20. The largest absolute Gasteiger partial charge is 0.497 e. The smallest absolute Gasteiger partial charge is 0.232 e. The molecule has 1 N–H and O–H groups in total. The molecule has 2 aliphatic rings. The molecule has 1 amide bonds.